The summed E-state index contributed by atoms with van der Waals surface area (Å²) in [5, 5.41) is 12.3. The Kier molecular flexibility index (Phi) is 11.4. The molecule has 2 N–H and O–H groups in total. The fourth-order valence-electron chi connectivity index (χ4n) is 7.06. The zero-order valence-corrected chi connectivity index (χ0v) is 28.1. The van der Waals surface area contributed by atoms with Gasteiger partial charge in [-0.25, -0.2) is 0 Å². The largest absolute Gasteiger partial charge is 0.481 e. The van der Waals surface area contributed by atoms with Crippen LogP contribution in [0.25, 0.3) is 0 Å². The van der Waals surface area contributed by atoms with Crippen LogP contribution in [0.5, 0.6) is 11.5 Å². The fourth-order valence-corrected chi connectivity index (χ4v) is 7.06. The van der Waals surface area contributed by atoms with Gasteiger partial charge in [0.05, 0.1) is 12.8 Å². The van der Waals surface area contributed by atoms with Crippen LogP contribution in [0.2, 0.25) is 0 Å². The standard InChI is InChI=1S/C40H49NO6/c1-40(2,3)33-22-19-28(18-21-29(46-39(45)24-23-38(43)44)20-17-27-11-5-4-6-12-27)25-34(33)41-37(42)26-32-30-13-7-9-15-35(30)47-36-16-10-8-14-31(32)36/h7-10,13-16,19,22,25,27,29,32H,4-6,11-12,17-18,20-21,23-24,26H2,1-3H3,(H,41,42)(H,43,44). The number of hydrogen-bond acceptors (Lipinski definition) is 5. The summed E-state index contributed by atoms with van der Waals surface area (Å²) in [6, 6.07) is 22.1. The topological polar surface area (TPSA) is 102 Å². The number of aryl methyl sites for hydroxylation is 1. The number of hydrogen-bond donors (Lipinski definition) is 2. The van der Waals surface area contributed by atoms with Gasteiger partial charge in [-0.2, -0.15) is 0 Å². The summed E-state index contributed by atoms with van der Waals surface area (Å²) in [5.74, 6) is 0.575. The molecule has 1 amide bonds. The van der Waals surface area contributed by atoms with Crippen molar-refractivity contribution in [2.24, 2.45) is 5.92 Å². The third-order valence-electron chi connectivity index (χ3n) is 9.58. The number of carbonyl (C=O) groups is 3. The first-order valence-corrected chi connectivity index (χ1v) is 17.3. The maximum Gasteiger partial charge on any atom is 0.306 e. The van der Waals surface area contributed by atoms with Crippen molar-refractivity contribution in [1.82, 2.24) is 0 Å². The van der Waals surface area contributed by atoms with Gasteiger partial charge in [0.15, 0.2) is 0 Å². The second-order valence-corrected chi connectivity index (χ2v) is 14.2. The van der Waals surface area contributed by atoms with Crippen LogP contribution in [0.4, 0.5) is 5.69 Å². The van der Waals surface area contributed by atoms with Gasteiger partial charge < -0.3 is 19.9 Å². The van der Waals surface area contributed by atoms with Gasteiger partial charge in [-0.1, -0.05) is 101 Å². The van der Waals surface area contributed by atoms with Gasteiger partial charge >= 0.3 is 11.9 Å². The van der Waals surface area contributed by atoms with Crippen molar-refractivity contribution in [1.29, 1.82) is 0 Å². The third kappa shape index (κ3) is 9.46. The van der Waals surface area contributed by atoms with Gasteiger partial charge in [-0.15, -0.1) is 0 Å². The number of fused-ring (bicyclic) bond motifs is 2. The number of nitrogens with one attached hydrogen (secondary N) is 1. The zero-order valence-electron chi connectivity index (χ0n) is 28.1. The van der Waals surface area contributed by atoms with Crippen molar-refractivity contribution in [3.05, 3.63) is 89.0 Å². The Balaban J connectivity index is 1.30. The molecule has 7 nitrogen and oxygen atoms in total. The lowest BCUT2D eigenvalue weighted by Gasteiger charge is -2.28. The van der Waals surface area contributed by atoms with Crippen LogP contribution >= 0.6 is 0 Å². The Morgan fingerprint density at radius 3 is 2.19 bits per heavy atom. The van der Waals surface area contributed by atoms with E-state index in [2.05, 4.69) is 44.3 Å². The van der Waals surface area contributed by atoms with Crippen molar-refractivity contribution in [3.8, 4) is 11.5 Å². The van der Waals surface area contributed by atoms with Crippen molar-refractivity contribution < 1.29 is 29.0 Å². The monoisotopic (exact) mass is 639 g/mol. The molecular formula is C40H49NO6. The molecule has 1 atom stereocenters. The zero-order chi connectivity index (χ0) is 33.4. The second-order valence-electron chi connectivity index (χ2n) is 14.2. The number of esters is 1. The molecule has 0 bridgehead atoms. The molecule has 47 heavy (non-hydrogen) atoms. The highest BCUT2D eigenvalue weighted by Gasteiger charge is 2.29. The smallest absolute Gasteiger partial charge is 0.306 e. The minimum atomic E-state index is -1.00. The van der Waals surface area contributed by atoms with Crippen LogP contribution in [0, 0.1) is 5.92 Å². The Hall–Kier alpha value is -4.13. The molecule has 250 valence electrons. The predicted octanol–water partition coefficient (Wildman–Crippen LogP) is 9.32. The molecule has 7 heteroatoms. The number of rotatable bonds is 13. The Labute approximate surface area is 279 Å². The number of carboxylic acids is 1. The Morgan fingerprint density at radius 2 is 1.55 bits per heavy atom. The first-order chi connectivity index (χ1) is 22.6. The minimum absolute atomic E-state index is 0.0677. The Bertz CT molecular complexity index is 1500. The van der Waals surface area contributed by atoms with E-state index < -0.39 is 11.9 Å². The second kappa shape index (κ2) is 15.6. The highest BCUT2D eigenvalue weighted by molar-refractivity contribution is 5.93. The number of carbonyl (C=O) groups excluding carboxylic acids is 2. The molecule has 1 aliphatic heterocycles. The van der Waals surface area contributed by atoms with E-state index in [4.69, 9.17) is 14.6 Å². The van der Waals surface area contributed by atoms with E-state index in [1.807, 2.05) is 48.5 Å². The lowest BCUT2D eigenvalue weighted by molar-refractivity contribution is -0.152. The van der Waals surface area contributed by atoms with Crippen molar-refractivity contribution >= 4 is 23.5 Å². The number of ether oxygens (including phenoxy) is 2. The van der Waals surface area contributed by atoms with Gasteiger partial charge in [0.25, 0.3) is 0 Å². The SMILES string of the molecule is CC(C)(C)c1ccc(CCC(CCC2CCCCC2)OC(=O)CCC(=O)O)cc1NC(=O)CC1c2ccccc2Oc2ccccc21. The molecule has 0 spiro atoms. The third-order valence-corrected chi connectivity index (χ3v) is 9.58. The fraction of sp³-hybridized carbons (Fsp3) is 0.475. The van der Waals surface area contributed by atoms with Crippen molar-refractivity contribution in [2.45, 2.75) is 115 Å². The van der Waals surface area contributed by atoms with Crippen LogP contribution in [0.3, 0.4) is 0 Å². The van der Waals surface area contributed by atoms with Gasteiger partial charge in [0.2, 0.25) is 5.91 Å². The molecule has 1 heterocycles. The average Bonchev–Trinajstić information content (AvgIpc) is 3.05. The predicted molar refractivity (Wildman–Crippen MR) is 184 cm³/mol. The lowest BCUT2D eigenvalue weighted by Crippen LogP contribution is -2.22. The summed E-state index contributed by atoms with van der Waals surface area (Å²) < 4.78 is 12.0. The van der Waals surface area contributed by atoms with E-state index in [0.29, 0.717) is 18.8 Å². The highest BCUT2D eigenvalue weighted by Crippen LogP contribution is 2.45. The van der Waals surface area contributed by atoms with Crippen LogP contribution in [-0.2, 0) is 31.0 Å². The summed E-state index contributed by atoms with van der Waals surface area (Å²) in [5.41, 5.74) is 4.72. The number of amides is 1. The maximum atomic E-state index is 13.8. The molecule has 3 aromatic rings. The van der Waals surface area contributed by atoms with Crippen LogP contribution in [-0.4, -0.2) is 29.1 Å². The van der Waals surface area contributed by atoms with Crippen LogP contribution in [0.1, 0.15) is 120 Å². The first kappa shape index (κ1) is 34.2. The summed E-state index contributed by atoms with van der Waals surface area (Å²) in [6.45, 7) is 6.42. The molecule has 1 fully saturated rings. The van der Waals surface area contributed by atoms with E-state index in [1.165, 1.54) is 32.1 Å². The number of anilines is 1. The highest BCUT2D eigenvalue weighted by atomic mass is 16.5. The van der Waals surface area contributed by atoms with E-state index >= 15 is 0 Å². The first-order valence-electron chi connectivity index (χ1n) is 17.3. The normalized spacial score (nSPS) is 15.6. The quantitative estimate of drug-likeness (QED) is 0.181. The number of aliphatic carboxylic acids is 1. The van der Waals surface area contributed by atoms with E-state index in [-0.39, 0.29) is 42.6 Å². The van der Waals surface area contributed by atoms with Crippen molar-refractivity contribution in [3.63, 3.8) is 0 Å². The average molecular weight is 640 g/mol. The van der Waals surface area contributed by atoms with E-state index in [9.17, 15) is 14.4 Å². The molecule has 1 saturated carbocycles. The molecule has 0 aromatic heterocycles. The minimum Gasteiger partial charge on any atom is -0.481 e. The number of para-hydroxylation sites is 2. The summed E-state index contributed by atoms with van der Waals surface area (Å²) in [6.07, 6.45) is 9.04. The number of benzene rings is 3. The number of carboxylic acid groups (broad SMARTS) is 1. The maximum absolute atomic E-state index is 13.8. The molecule has 3 aromatic carbocycles. The lowest BCUT2D eigenvalue weighted by atomic mass is 9.83. The molecule has 0 saturated heterocycles. The van der Waals surface area contributed by atoms with Gasteiger partial charge in [-0.3, -0.25) is 14.4 Å². The van der Waals surface area contributed by atoms with Crippen LogP contribution < -0.4 is 10.1 Å². The van der Waals surface area contributed by atoms with Gasteiger partial charge in [0.1, 0.15) is 17.6 Å². The van der Waals surface area contributed by atoms with Gasteiger partial charge in [-0.05, 0) is 66.3 Å². The summed E-state index contributed by atoms with van der Waals surface area (Å²) in [4.78, 5) is 37.3. The van der Waals surface area contributed by atoms with Crippen molar-refractivity contribution in [2.75, 3.05) is 5.32 Å². The van der Waals surface area contributed by atoms with Gasteiger partial charge in [0, 0.05) is 29.2 Å². The molecular weight excluding hydrogens is 590 g/mol. The van der Waals surface area contributed by atoms with Crippen LogP contribution in [0.15, 0.2) is 66.7 Å². The molecule has 1 aliphatic carbocycles. The summed E-state index contributed by atoms with van der Waals surface area (Å²) in [7, 11) is 0. The van der Waals surface area contributed by atoms with E-state index in [1.54, 1.807) is 0 Å². The van der Waals surface area contributed by atoms with E-state index in [0.717, 1.165) is 52.3 Å². The molecule has 2 aliphatic rings. The molecule has 1 unspecified atom stereocenters. The summed E-state index contributed by atoms with van der Waals surface area (Å²) >= 11 is 0. The molecule has 5 rings (SSSR count). The molecule has 0 radical (unpaired) electrons. The Morgan fingerprint density at radius 1 is 0.894 bits per heavy atom.